The van der Waals surface area contributed by atoms with E-state index in [-0.39, 0.29) is 0 Å². The second kappa shape index (κ2) is 9.48. The molecule has 1 aliphatic carbocycles. The monoisotopic (exact) mass is 402 g/mol. The number of rotatable bonds is 7. The number of anilines is 2. The van der Waals surface area contributed by atoms with Crippen molar-refractivity contribution in [3.05, 3.63) is 66.2 Å². The van der Waals surface area contributed by atoms with Crippen LogP contribution in [0.3, 0.4) is 0 Å². The maximum absolute atomic E-state index is 4.87. The first kappa shape index (κ1) is 20.7. The smallest absolute Gasteiger partial charge is 0.128 e. The minimum atomic E-state index is 0.498. The highest BCUT2D eigenvalue weighted by Gasteiger charge is 2.22. The molecule has 4 heteroatoms. The molecule has 0 radical (unpaired) electrons. The van der Waals surface area contributed by atoms with Crippen LogP contribution in [0.1, 0.15) is 44.1 Å². The number of fused-ring (bicyclic) bond motifs is 1. The minimum absolute atomic E-state index is 0.498. The maximum Gasteiger partial charge on any atom is 0.128 e. The summed E-state index contributed by atoms with van der Waals surface area (Å²) in [5.74, 6) is 1.54. The summed E-state index contributed by atoms with van der Waals surface area (Å²) in [6, 6.07) is 22.5. The minimum Gasteiger partial charge on any atom is -0.377 e. The van der Waals surface area contributed by atoms with Gasteiger partial charge in [0.2, 0.25) is 0 Å². The van der Waals surface area contributed by atoms with Crippen LogP contribution in [-0.4, -0.2) is 37.7 Å². The zero-order valence-electron chi connectivity index (χ0n) is 18.4. The predicted octanol–water partition coefficient (Wildman–Crippen LogP) is 5.42. The lowest BCUT2D eigenvalue weighted by Crippen LogP contribution is -2.38. The molecular weight excluding hydrogens is 368 g/mol. The van der Waals surface area contributed by atoms with Crippen LogP contribution in [0.25, 0.3) is 10.9 Å². The molecule has 0 aliphatic heterocycles. The molecule has 1 unspecified atom stereocenters. The van der Waals surface area contributed by atoms with Gasteiger partial charge in [-0.3, -0.25) is 0 Å². The summed E-state index contributed by atoms with van der Waals surface area (Å²) < 4.78 is 0. The fraction of sp³-hybridized carbons (Fsp3) is 0.423. The summed E-state index contributed by atoms with van der Waals surface area (Å²) in [5.41, 5.74) is 3.68. The van der Waals surface area contributed by atoms with E-state index in [2.05, 4.69) is 97.2 Å². The Morgan fingerprint density at radius 3 is 2.33 bits per heavy atom. The Morgan fingerprint density at radius 1 is 0.933 bits per heavy atom. The maximum atomic E-state index is 4.87. The largest absolute Gasteiger partial charge is 0.377 e. The summed E-state index contributed by atoms with van der Waals surface area (Å²) in [6.07, 6.45) is 4.80. The van der Waals surface area contributed by atoms with Crippen molar-refractivity contribution in [3.8, 4) is 0 Å². The fourth-order valence-corrected chi connectivity index (χ4v) is 4.49. The highest BCUT2D eigenvalue weighted by atomic mass is 15.1. The number of nitrogens with zero attached hydrogens (tertiary/aromatic N) is 2. The average molecular weight is 403 g/mol. The third kappa shape index (κ3) is 4.93. The SMILES string of the molecule is CC(CNC1CCC(Nc2cc(N(C)C)c3ccccc3n2)CC1)c1ccccc1. The number of hydrogen-bond acceptors (Lipinski definition) is 4. The Hall–Kier alpha value is -2.59. The van der Waals surface area contributed by atoms with Crippen LogP contribution < -0.4 is 15.5 Å². The lowest BCUT2D eigenvalue weighted by molar-refractivity contribution is 0.349. The van der Waals surface area contributed by atoms with Gasteiger partial charge in [-0.2, -0.15) is 0 Å². The van der Waals surface area contributed by atoms with Crippen LogP contribution in [0.5, 0.6) is 0 Å². The highest BCUT2D eigenvalue weighted by molar-refractivity contribution is 5.93. The van der Waals surface area contributed by atoms with Gasteiger partial charge in [-0.25, -0.2) is 4.98 Å². The summed E-state index contributed by atoms with van der Waals surface area (Å²) in [4.78, 5) is 7.04. The molecule has 4 nitrogen and oxygen atoms in total. The topological polar surface area (TPSA) is 40.2 Å². The molecule has 30 heavy (non-hydrogen) atoms. The van der Waals surface area contributed by atoms with E-state index in [4.69, 9.17) is 4.98 Å². The first-order valence-corrected chi connectivity index (χ1v) is 11.2. The molecule has 2 N–H and O–H groups in total. The van der Waals surface area contributed by atoms with Gasteiger partial charge in [-0.05, 0) is 43.2 Å². The van der Waals surface area contributed by atoms with Crippen LogP contribution in [0.15, 0.2) is 60.7 Å². The van der Waals surface area contributed by atoms with Gasteiger partial charge < -0.3 is 15.5 Å². The zero-order valence-corrected chi connectivity index (χ0v) is 18.4. The Kier molecular flexibility index (Phi) is 6.53. The molecule has 0 amide bonds. The van der Waals surface area contributed by atoms with Crippen molar-refractivity contribution in [1.29, 1.82) is 0 Å². The molecular formula is C26H34N4. The van der Waals surface area contributed by atoms with Gasteiger partial charge in [0, 0.05) is 49.9 Å². The van der Waals surface area contributed by atoms with E-state index in [0.717, 1.165) is 17.9 Å². The average Bonchev–Trinajstić information content (AvgIpc) is 2.78. The zero-order chi connectivity index (χ0) is 20.9. The Morgan fingerprint density at radius 2 is 1.60 bits per heavy atom. The van der Waals surface area contributed by atoms with E-state index >= 15 is 0 Å². The molecule has 1 atom stereocenters. The number of pyridine rings is 1. The third-order valence-electron chi connectivity index (χ3n) is 6.34. The molecule has 1 aromatic heterocycles. The van der Waals surface area contributed by atoms with Crippen molar-refractivity contribution in [2.24, 2.45) is 0 Å². The molecule has 1 saturated carbocycles. The van der Waals surface area contributed by atoms with E-state index in [1.54, 1.807) is 0 Å². The van der Waals surface area contributed by atoms with E-state index in [9.17, 15) is 0 Å². The summed E-state index contributed by atoms with van der Waals surface area (Å²) >= 11 is 0. The van der Waals surface area contributed by atoms with Gasteiger partial charge in [-0.15, -0.1) is 0 Å². The Labute approximate surface area is 180 Å². The normalized spacial score (nSPS) is 20.1. The Bertz CT molecular complexity index is 946. The molecule has 1 fully saturated rings. The molecule has 0 bridgehead atoms. The first-order chi connectivity index (χ1) is 14.6. The van der Waals surface area contributed by atoms with E-state index in [1.807, 2.05) is 0 Å². The molecule has 4 rings (SSSR count). The summed E-state index contributed by atoms with van der Waals surface area (Å²) in [7, 11) is 4.19. The lowest BCUT2D eigenvalue weighted by atomic mass is 9.90. The molecule has 158 valence electrons. The van der Waals surface area contributed by atoms with Crippen LogP contribution in [0.2, 0.25) is 0 Å². The number of nitrogens with one attached hydrogen (secondary N) is 2. The van der Waals surface area contributed by atoms with E-state index < -0.39 is 0 Å². The molecule has 0 saturated heterocycles. The predicted molar refractivity (Wildman–Crippen MR) is 129 cm³/mol. The highest BCUT2D eigenvalue weighted by Crippen LogP contribution is 2.29. The van der Waals surface area contributed by atoms with Crippen molar-refractivity contribution >= 4 is 22.4 Å². The number of para-hydroxylation sites is 1. The van der Waals surface area contributed by atoms with Crippen molar-refractivity contribution in [3.63, 3.8) is 0 Å². The van der Waals surface area contributed by atoms with E-state index in [0.29, 0.717) is 18.0 Å². The van der Waals surface area contributed by atoms with Gasteiger partial charge in [0.1, 0.15) is 5.82 Å². The van der Waals surface area contributed by atoms with Crippen LogP contribution in [-0.2, 0) is 0 Å². The van der Waals surface area contributed by atoms with Crippen LogP contribution in [0.4, 0.5) is 11.5 Å². The molecule has 0 spiro atoms. The summed E-state index contributed by atoms with van der Waals surface area (Å²) in [6.45, 7) is 3.36. The fourth-order valence-electron chi connectivity index (χ4n) is 4.49. The van der Waals surface area contributed by atoms with Crippen molar-refractivity contribution in [1.82, 2.24) is 10.3 Å². The standard InChI is InChI=1S/C26H34N4/c1-19(20-9-5-4-6-10-20)18-27-21-13-15-22(16-14-21)28-26-17-25(30(2)3)23-11-7-8-12-24(23)29-26/h4-12,17,19,21-22,27H,13-16,18H2,1-3H3,(H,28,29). The number of aromatic nitrogens is 1. The molecule has 2 aromatic carbocycles. The first-order valence-electron chi connectivity index (χ1n) is 11.2. The second-order valence-corrected chi connectivity index (χ2v) is 8.85. The third-order valence-corrected chi connectivity index (χ3v) is 6.34. The Balaban J connectivity index is 1.32. The molecule has 1 heterocycles. The second-order valence-electron chi connectivity index (χ2n) is 8.85. The molecule has 1 aliphatic rings. The molecule has 3 aromatic rings. The van der Waals surface area contributed by atoms with Crippen LogP contribution in [0, 0.1) is 0 Å². The van der Waals surface area contributed by atoms with Crippen molar-refractivity contribution < 1.29 is 0 Å². The van der Waals surface area contributed by atoms with Crippen LogP contribution >= 0.6 is 0 Å². The van der Waals surface area contributed by atoms with Gasteiger partial charge in [0.05, 0.1) is 5.52 Å². The van der Waals surface area contributed by atoms with Gasteiger partial charge in [-0.1, -0.05) is 55.5 Å². The van der Waals surface area contributed by atoms with Gasteiger partial charge in [0.15, 0.2) is 0 Å². The number of hydrogen-bond donors (Lipinski definition) is 2. The lowest BCUT2D eigenvalue weighted by Gasteiger charge is -2.31. The summed E-state index contributed by atoms with van der Waals surface area (Å²) in [5, 5.41) is 8.72. The number of benzene rings is 2. The van der Waals surface area contributed by atoms with Crippen molar-refractivity contribution in [2.45, 2.75) is 50.6 Å². The van der Waals surface area contributed by atoms with Crippen molar-refractivity contribution in [2.75, 3.05) is 30.9 Å². The van der Waals surface area contributed by atoms with Gasteiger partial charge in [0.25, 0.3) is 0 Å². The van der Waals surface area contributed by atoms with E-state index in [1.165, 1.54) is 42.3 Å². The quantitative estimate of drug-likeness (QED) is 0.554. The van der Waals surface area contributed by atoms with Gasteiger partial charge >= 0.3 is 0 Å².